The van der Waals surface area contributed by atoms with Gasteiger partial charge >= 0.3 is 6.18 Å². The first-order valence-corrected chi connectivity index (χ1v) is 9.76. The lowest BCUT2D eigenvalue weighted by Gasteiger charge is -2.33. The number of carbonyl (C=O) groups excluding carboxylic acids is 2. The summed E-state index contributed by atoms with van der Waals surface area (Å²) in [6.07, 6.45) is -3.72. The quantitative estimate of drug-likeness (QED) is 0.689. The first-order valence-electron chi connectivity index (χ1n) is 9.76. The first kappa shape index (κ1) is 22.6. The topological polar surface area (TPSA) is 93.0 Å². The molecule has 1 atom stereocenters. The normalized spacial score (nSPS) is 16.2. The van der Waals surface area contributed by atoms with Gasteiger partial charge in [-0.1, -0.05) is 12.1 Å². The zero-order valence-corrected chi connectivity index (χ0v) is 16.8. The van der Waals surface area contributed by atoms with Gasteiger partial charge in [0.2, 0.25) is 11.8 Å². The number of nitrogens with one attached hydrogen (secondary N) is 1. The molecule has 1 N–H and O–H groups in total. The first-order chi connectivity index (χ1) is 14.6. The fourth-order valence-electron chi connectivity index (χ4n) is 3.55. The monoisotopic (exact) mass is 442 g/mol. The molecule has 8 nitrogen and oxygen atoms in total. The molecule has 0 saturated carbocycles. The summed E-state index contributed by atoms with van der Waals surface area (Å²) >= 11 is 0. The van der Waals surface area contributed by atoms with Gasteiger partial charge < -0.3 is 10.2 Å². The van der Waals surface area contributed by atoms with Crippen LogP contribution < -0.4 is 5.32 Å². The molecule has 1 aliphatic heterocycles. The van der Waals surface area contributed by atoms with Crippen LogP contribution in [0.5, 0.6) is 0 Å². The maximum Gasteiger partial charge on any atom is 0.405 e. The highest BCUT2D eigenvalue weighted by Crippen LogP contribution is 2.24. The Labute approximate surface area is 175 Å². The summed E-state index contributed by atoms with van der Waals surface area (Å²) in [6.45, 7) is 0.736. The van der Waals surface area contributed by atoms with Gasteiger partial charge in [0.25, 0.3) is 0 Å². The molecule has 3 rings (SSSR count). The van der Waals surface area contributed by atoms with E-state index < -0.39 is 36.4 Å². The minimum absolute atomic E-state index is 0.226. The number of alkyl halides is 3. The molecular weight excluding hydrogens is 420 g/mol. The summed E-state index contributed by atoms with van der Waals surface area (Å²) < 4.78 is 51.5. The highest BCUT2D eigenvalue weighted by molar-refractivity contribution is 5.82. The van der Waals surface area contributed by atoms with Gasteiger partial charge in [-0.05, 0) is 47.9 Å². The van der Waals surface area contributed by atoms with Crippen molar-refractivity contribution in [2.45, 2.75) is 38.4 Å². The number of hydrogen-bond donors (Lipinski definition) is 1. The molecule has 0 radical (unpaired) electrons. The van der Waals surface area contributed by atoms with Crippen LogP contribution in [0.4, 0.5) is 17.6 Å². The van der Waals surface area contributed by atoms with Crippen LogP contribution in [0.1, 0.15) is 30.3 Å². The molecule has 1 aromatic heterocycles. The fourth-order valence-corrected chi connectivity index (χ4v) is 3.55. The Kier molecular flexibility index (Phi) is 6.86. The standard InChI is InChI=1S/C19H22F4N6O2/c1-12-25-26-27-29(12)16(10-13-2-4-15(20)5-3-13)18(31)28-8-6-14(7-9-28)17(30)24-11-19(21,22)23/h2-5,14,16H,6-11H2,1H3,(H,24,30)/t16-/m1/s1. The van der Waals surface area contributed by atoms with Crippen LogP contribution in [-0.2, 0) is 16.0 Å². The third-order valence-electron chi connectivity index (χ3n) is 5.22. The van der Waals surface area contributed by atoms with E-state index in [9.17, 15) is 27.2 Å². The van der Waals surface area contributed by atoms with E-state index in [4.69, 9.17) is 0 Å². The molecule has 31 heavy (non-hydrogen) atoms. The van der Waals surface area contributed by atoms with Gasteiger partial charge in [0.1, 0.15) is 24.2 Å². The number of benzene rings is 1. The Morgan fingerprint density at radius 3 is 2.39 bits per heavy atom. The highest BCUT2D eigenvalue weighted by atomic mass is 19.4. The van der Waals surface area contributed by atoms with Gasteiger partial charge in [0.05, 0.1) is 0 Å². The lowest BCUT2D eigenvalue weighted by molar-refractivity contribution is -0.143. The second-order valence-electron chi connectivity index (χ2n) is 7.45. The van der Waals surface area contributed by atoms with E-state index in [2.05, 4.69) is 15.5 Å². The summed E-state index contributed by atoms with van der Waals surface area (Å²) in [7, 11) is 0. The fraction of sp³-hybridized carbons (Fsp3) is 0.526. The molecule has 1 aliphatic rings. The molecule has 0 spiro atoms. The lowest BCUT2D eigenvalue weighted by Crippen LogP contribution is -2.47. The number of amides is 2. The molecule has 2 aromatic rings. The molecule has 168 valence electrons. The van der Waals surface area contributed by atoms with Crippen molar-refractivity contribution in [1.82, 2.24) is 30.4 Å². The summed E-state index contributed by atoms with van der Waals surface area (Å²) in [5.41, 5.74) is 0.719. The molecular formula is C19H22F4N6O2. The van der Waals surface area contributed by atoms with E-state index in [1.807, 2.05) is 5.32 Å². The highest BCUT2D eigenvalue weighted by Gasteiger charge is 2.34. The predicted octanol–water partition coefficient (Wildman–Crippen LogP) is 1.82. The number of carbonyl (C=O) groups is 2. The minimum atomic E-state index is -4.47. The summed E-state index contributed by atoms with van der Waals surface area (Å²) in [6, 6.07) is 4.98. The van der Waals surface area contributed by atoms with E-state index in [-0.39, 0.29) is 38.3 Å². The van der Waals surface area contributed by atoms with Crippen molar-refractivity contribution in [3.63, 3.8) is 0 Å². The predicted molar refractivity (Wildman–Crippen MR) is 100 cm³/mol. The minimum Gasteiger partial charge on any atom is -0.347 e. The van der Waals surface area contributed by atoms with Crippen LogP contribution in [0.3, 0.4) is 0 Å². The number of piperidine rings is 1. The van der Waals surface area contributed by atoms with Crippen LogP contribution in [0.2, 0.25) is 0 Å². The van der Waals surface area contributed by atoms with Gasteiger partial charge in [-0.2, -0.15) is 13.2 Å². The number of likely N-dealkylation sites (tertiary alicyclic amines) is 1. The Balaban J connectivity index is 1.66. The van der Waals surface area contributed by atoms with E-state index in [1.165, 1.54) is 16.8 Å². The Hall–Kier alpha value is -3.05. The summed E-state index contributed by atoms with van der Waals surface area (Å²) in [5, 5.41) is 13.2. The summed E-state index contributed by atoms with van der Waals surface area (Å²) in [5.74, 6) is -1.48. The van der Waals surface area contributed by atoms with Gasteiger partial charge in [-0.15, -0.1) is 5.10 Å². The van der Waals surface area contributed by atoms with Crippen molar-refractivity contribution < 1.29 is 27.2 Å². The Morgan fingerprint density at radius 1 is 1.19 bits per heavy atom. The van der Waals surface area contributed by atoms with Gasteiger partial charge in [-0.25, -0.2) is 9.07 Å². The summed E-state index contributed by atoms with van der Waals surface area (Å²) in [4.78, 5) is 26.8. The smallest absolute Gasteiger partial charge is 0.347 e. The van der Waals surface area contributed by atoms with Crippen molar-refractivity contribution >= 4 is 11.8 Å². The maximum absolute atomic E-state index is 13.2. The van der Waals surface area contributed by atoms with Crippen molar-refractivity contribution in [3.05, 3.63) is 41.5 Å². The van der Waals surface area contributed by atoms with Gasteiger partial charge in [0, 0.05) is 25.4 Å². The molecule has 1 aromatic carbocycles. The number of aryl methyl sites for hydroxylation is 1. The molecule has 1 saturated heterocycles. The van der Waals surface area contributed by atoms with E-state index in [1.54, 1.807) is 24.0 Å². The molecule has 2 amide bonds. The average Bonchev–Trinajstić information content (AvgIpc) is 3.16. The van der Waals surface area contributed by atoms with Gasteiger partial charge in [-0.3, -0.25) is 9.59 Å². The van der Waals surface area contributed by atoms with Crippen LogP contribution in [-0.4, -0.2) is 62.7 Å². The number of nitrogens with zero attached hydrogens (tertiary/aromatic N) is 5. The van der Waals surface area contributed by atoms with Crippen LogP contribution in [0, 0.1) is 18.7 Å². The SMILES string of the molecule is Cc1nnnn1[C@H](Cc1ccc(F)cc1)C(=O)N1CCC(C(=O)NCC(F)(F)F)CC1. The number of rotatable bonds is 6. The van der Waals surface area contributed by atoms with Crippen molar-refractivity contribution in [2.75, 3.05) is 19.6 Å². The van der Waals surface area contributed by atoms with Crippen LogP contribution in [0.25, 0.3) is 0 Å². The molecule has 0 unspecified atom stereocenters. The zero-order valence-electron chi connectivity index (χ0n) is 16.8. The van der Waals surface area contributed by atoms with Crippen LogP contribution in [0.15, 0.2) is 24.3 Å². The number of halogens is 4. The van der Waals surface area contributed by atoms with Crippen LogP contribution >= 0.6 is 0 Å². The molecule has 12 heteroatoms. The van der Waals surface area contributed by atoms with E-state index in [0.717, 1.165) is 5.56 Å². The number of hydrogen-bond acceptors (Lipinski definition) is 5. The van der Waals surface area contributed by atoms with Crippen molar-refractivity contribution in [3.8, 4) is 0 Å². The third kappa shape index (κ3) is 5.98. The zero-order chi connectivity index (χ0) is 22.6. The average molecular weight is 442 g/mol. The Morgan fingerprint density at radius 2 is 1.84 bits per heavy atom. The largest absolute Gasteiger partial charge is 0.405 e. The second-order valence-corrected chi connectivity index (χ2v) is 7.45. The molecule has 0 bridgehead atoms. The maximum atomic E-state index is 13.2. The Bertz CT molecular complexity index is 907. The second kappa shape index (κ2) is 9.40. The van der Waals surface area contributed by atoms with Crippen molar-refractivity contribution in [2.24, 2.45) is 5.92 Å². The number of tetrazole rings is 1. The lowest BCUT2D eigenvalue weighted by atomic mass is 9.95. The third-order valence-corrected chi connectivity index (χ3v) is 5.22. The molecule has 0 aliphatic carbocycles. The number of aromatic nitrogens is 4. The molecule has 1 fully saturated rings. The van der Waals surface area contributed by atoms with Crippen molar-refractivity contribution in [1.29, 1.82) is 0 Å². The molecule has 2 heterocycles. The van der Waals surface area contributed by atoms with Gasteiger partial charge in [0.15, 0.2) is 0 Å². The van der Waals surface area contributed by atoms with E-state index >= 15 is 0 Å². The van der Waals surface area contributed by atoms with E-state index in [0.29, 0.717) is 5.82 Å².